The van der Waals surface area contributed by atoms with Crippen LogP contribution in [0.4, 0.5) is 5.69 Å². The number of hydrogen-bond acceptors (Lipinski definition) is 3. The molecule has 0 bridgehead atoms. The Morgan fingerprint density at radius 2 is 2.21 bits per heavy atom. The van der Waals surface area contributed by atoms with Gasteiger partial charge in [0, 0.05) is 17.9 Å². The van der Waals surface area contributed by atoms with Crippen LogP contribution in [0.25, 0.3) is 0 Å². The molecule has 0 saturated carbocycles. The standard InChI is InChI=1S/C11H17N3/c1-9(14-7-3-6-12)10-4-2-5-11(13)8-10/h2,4-5,8H,3,6-7,12-13H2,1H3/b14-9-. The van der Waals surface area contributed by atoms with Gasteiger partial charge in [-0.2, -0.15) is 0 Å². The van der Waals surface area contributed by atoms with Crippen LogP contribution in [-0.2, 0) is 0 Å². The average molecular weight is 191 g/mol. The first kappa shape index (κ1) is 10.7. The third-order valence-electron chi connectivity index (χ3n) is 2.02. The molecule has 0 aliphatic carbocycles. The SMILES string of the molecule is C/C(=N/CCCN)c1cccc(N)c1. The van der Waals surface area contributed by atoms with E-state index in [0.29, 0.717) is 6.54 Å². The van der Waals surface area contributed by atoms with E-state index in [-0.39, 0.29) is 0 Å². The molecule has 14 heavy (non-hydrogen) atoms. The highest BCUT2D eigenvalue weighted by Crippen LogP contribution is 2.07. The third-order valence-corrected chi connectivity index (χ3v) is 2.02. The molecule has 0 amide bonds. The van der Waals surface area contributed by atoms with Gasteiger partial charge in [0.2, 0.25) is 0 Å². The summed E-state index contributed by atoms with van der Waals surface area (Å²) in [5, 5.41) is 0. The van der Waals surface area contributed by atoms with E-state index in [0.717, 1.165) is 29.9 Å². The van der Waals surface area contributed by atoms with Crippen LogP contribution in [0.15, 0.2) is 29.3 Å². The van der Waals surface area contributed by atoms with E-state index in [1.165, 1.54) is 0 Å². The molecule has 1 aromatic rings. The van der Waals surface area contributed by atoms with Gasteiger partial charge >= 0.3 is 0 Å². The van der Waals surface area contributed by atoms with Crippen molar-refractivity contribution in [3.8, 4) is 0 Å². The fourth-order valence-electron chi connectivity index (χ4n) is 1.19. The van der Waals surface area contributed by atoms with Gasteiger partial charge < -0.3 is 11.5 Å². The fourth-order valence-corrected chi connectivity index (χ4v) is 1.19. The number of rotatable bonds is 4. The molecule has 0 atom stereocenters. The van der Waals surface area contributed by atoms with Crippen LogP contribution in [0.1, 0.15) is 18.9 Å². The summed E-state index contributed by atoms with van der Waals surface area (Å²) in [4.78, 5) is 4.41. The minimum atomic E-state index is 0.688. The van der Waals surface area contributed by atoms with Gasteiger partial charge in [-0.3, -0.25) is 4.99 Å². The second kappa shape index (κ2) is 5.40. The second-order valence-corrected chi connectivity index (χ2v) is 3.23. The van der Waals surface area contributed by atoms with Gasteiger partial charge in [0.1, 0.15) is 0 Å². The van der Waals surface area contributed by atoms with E-state index in [2.05, 4.69) is 4.99 Å². The molecule has 1 rings (SSSR count). The second-order valence-electron chi connectivity index (χ2n) is 3.23. The van der Waals surface area contributed by atoms with Gasteiger partial charge in [0.25, 0.3) is 0 Å². The molecule has 1 aromatic carbocycles. The Bertz CT molecular complexity index is 318. The highest BCUT2D eigenvalue weighted by atomic mass is 14.7. The smallest absolute Gasteiger partial charge is 0.0404 e. The first-order valence-electron chi connectivity index (χ1n) is 4.81. The molecule has 0 radical (unpaired) electrons. The summed E-state index contributed by atoms with van der Waals surface area (Å²) < 4.78 is 0. The summed E-state index contributed by atoms with van der Waals surface area (Å²) >= 11 is 0. The maximum atomic E-state index is 5.68. The third kappa shape index (κ3) is 3.18. The van der Waals surface area contributed by atoms with Crippen molar-refractivity contribution in [3.05, 3.63) is 29.8 Å². The summed E-state index contributed by atoms with van der Waals surface area (Å²) in [7, 11) is 0. The fraction of sp³-hybridized carbons (Fsp3) is 0.364. The predicted molar refractivity (Wildman–Crippen MR) is 61.6 cm³/mol. The first-order chi connectivity index (χ1) is 6.74. The van der Waals surface area contributed by atoms with Crippen molar-refractivity contribution in [2.75, 3.05) is 18.8 Å². The van der Waals surface area contributed by atoms with Crippen LogP contribution >= 0.6 is 0 Å². The maximum Gasteiger partial charge on any atom is 0.0404 e. The van der Waals surface area contributed by atoms with Crippen LogP contribution in [0.5, 0.6) is 0 Å². The largest absolute Gasteiger partial charge is 0.399 e. The van der Waals surface area contributed by atoms with Crippen molar-refractivity contribution in [2.24, 2.45) is 10.7 Å². The molecular formula is C11H17N3. The molecule has 0 spiro atoms. The van der Waals surface area contributed by atoms with Crippen molar-refractivity contribution < 1.29 is 0 Å². The molecule has 4 N–H and O–H groups in total. The van der Waals surface area contributed by atoms with Gasteiger partial charge in [0.05, 0.1) is 0 Å². The van der Waals surface area contributed by atoms with Crippen LogP contribution in [0.2, 0.25) is 0 Å². The Hall–Kier alpha value is -1.35. The lowest BCUT2D eigenvalue weighted by Gasteiger charge is -2.01. The molecule has 0 heterocycles. The minimum Gasteiger partial charge on any atom is -0.399 e. The van der Waals surface area contributed by atoms with Gasteiger partial charge in [0.15, 0.2) is 0 Å². The summed E-state index contributed by atoms with van der Waals surface area (Å²) in [6, 6.07) is 7.75. The molecule has 0 aliphatic rings. The van der Waals surface area contributed by atoms with E-state index in [4.69, 9.17) is 11.5 Å². The molecule has 0 fully saturated rings. The topological polar surface area (TPSA) is 64.4 Å². The Labute approximate surface area is 84.8 Å². The Kier molecular flexibility index (Phi) is 4.13. The molecule has 0 saturated heterocycles. The van der Waals surface area contributed by atoms with Gasteiger partial charge in [-0.1, -0.05) is 12.1 Å². The van der Waals surface area contributed by atoms with Gasteiger partial charge in [-0.05, 0) is 37.6 Å². The average Bonchev–Trinajstić information content (AvgIpc) is 2.18. The number of anilines is 1. The number of nitrogen functional groups attached to an aromatic ring is 1. The lowest BCUT2D eigenvalue weighted by Crippen LogP contribution is -2.02. The molecule has 0 aliphatic heterocycles. The number of nitrogens with zero attached hydrogens (tertiary/aromatic N) is 1. The lowest BCUT2D eigenvalue weighted by molar-refractivity contribution is 0.844. The first-order valence-corrected chi connectivity index (χ1v) is 4.81. The minimum absolute atomic E-state index is 0.688. The normalized spacial score (nSPS) is 11.7. The summed E-state index contributed by atoms with van der Waals surface area (Å²) in [6.45, 7) is 3.47. The predicted octanol–water partition coefficient (Wildman–Crippen LogP) is 1.43. The zero-order valence-corrected chi connectivity index (χ0v) is 8.53. The number of nitrogens with two attached hydrogens (primary N) is 2. The van der Waals surface area contributed by atoms with E-state index >= 15 is 0 Å². The van der Waals surface area contributed by atoms with Crippen molar-refractivity contribution in [3.63, 3.8) is 0 Å². The Morgan fingerprint density at radius 1 is 1.43 bits per heavy atom. The van der Waals surface area contributed by atoms with Crippen LogP contribution in [0, 0.1) is 0 Å². The van der Waals surface area contributed by atoms with E-state index in [1.54, 1.807) is 0 Å². The summed E-state index contributed by atoms with van der Waals surface area (Å²) in [5.74, 6) is 0. The van der Waals surface area contributed by atoms with Gasteiger partial charge in [-0.25, -0.2) is 0 Å². The van der Waals surface area contributed by atoms with Crippen molar-refractivity contribution >= 4 is 11.4 Å². The van der Waals surface area contributed by atoms with E-state index in [1.807, 2.05) is 31.2 Å². The van der Waals surface area contributed by atoms with Crippen molar-refractivity contribution in [2.45, 2.75) is 13.3 Å². The molecule has 76 valence electrons. The molecular weight excluding hydrogens is 174 g/mol. The molecule has 0 aromatic heterocycles. The lowest BCUT2D eigenvalue weighted by atomic mass is 10.1. The number of hydrogen-bond donors (Lipinski definition) is 2. The van der Waals surface area contributed by atoms with Crippen LogP contribution in [0.3, 0.4) is 0 Å². The van der Waals surface area contributed by atoms with Crippen LogP contribution in [-0.4, -0.2) is 18.8 Å². The maximum absolute atomic E-state index is 5.68. The van der Waals surface area contributed by atoms with E-state index in [9.17, 15) is 0 Å². The summed E-state index contributed by atoms with van der Waals surface area (Å²) in [6.07, 6.45) is 0.930. The number of aliphatic imine (C=N–C) groups is 1. The summed E-state index contributed by atoms with van der Waals surface area (Å²) in [5.41, 5.74) is 13.9. The van der Waals surface area contributed by atoms with Crippen molar-refractivity contribution in [1.82, 2.24) is 0 Å². The molecule has 3 nitrogen and oxygen atoms in total. The van der Waals surface area contributed by atoms with Crippen LogP contribution < -0.4 is 11.5 Å². The zero-order chi connectivity index (χ0) is 10.4. The monoisotopic (exact) mass is 191 g/mol. The number of benzene rings is 1. The van der Waals surface area contributed by atoms with E-state index < -0.39 is 0 Å². The molecule has 0 unspecified atom stereocenters. The van der Waals surface area contributed by atoms with Gasteiger partial charge in [-0.15, -0.1) is 0 Å². The molecule has 3 heteroatoms. The zero-order valence-electron chi connectivity index (χ0n) is 8.53. The Balaban J connectivity index is 2.68. The van der Waals surface area contributed by atoms with Crippen molar-refractivity contribution in [1.29, 1.82) is 0 Å². The Morgan fingerprint density at radius 3 is 2.86 bits per heavy atom. The quantitative estimate of drug-likeness (QED) is 0.429. The highest BCUT2D eigenvalue weighted by Gasteiger charge is 1.96. The highest BCUT2D eigenvalue weighted by molar-refractivity contribution is 5.99.